The highest BCUT2D eigenvalue weighted by Crippen LogP contribution is 2.19. The second-order valence-corrected chi connectivity index (χ2v) is 4.80. The number of rotatable bonds is 4. The quantitative estimate of drug-likeness (QED) is 0.545. The molecule has 0 aliphatic rings. The summed E-state index contributed by atoms with van der Waals surface area (Å²) in [6.07, 6.45) is -3.01. The van der Waals surface area contributed by atoms with E-state index < -0.39 is 43.1 Å². The first-order valence-electron chi connectivity index (χ1n) is 5.22. The normalized spacial score (nSPS) is 12.1. The van der Waals surface area contributed by atoms with Gasteiger partial charge in [0.05, 0.1) is 19.8 Å². The van der Waals surface area contributed by atoms with Crippen LogP contribution < -0.4 is 0 Å². The van der Waals surface area contributed by atoms with Crippen molar-refractivity contribution in [1.29, 1.82) is 0 Å². The number of carbonyl (C=O) groups is 2. The number of nitrogens with zero attached hydrogens (tertiary/aromatic N) is 1. The number of amides is 2. The fraction of sp³-hybridized carbons (Fsp3) is 0.800. The molecule has 0 aliphatic carbocycles. The summed E-state index contributed by atoms with van der Waals surface area (Å²) in [5.74, 6) is 0. The number of carbonyl (C=O) groups excluding carboxylic acids is 1. The summed E-state index contributed by atoms with van der Waals surface area (Å²) in [5, 5.41) is 36.3. The molecule has 0 aromatic carbocycles. The largest absolute Gasteiger partial charge is 0.464 e. The molecule has 0 fully saturated rings. The Morgan fingerprint density at radius 1 is 1.06 bits per heavy atom. The van der Waals surface area contributed by atoms with Crippen molar-refractivity contribution in [1.82, 2.24) is 4.90 Å². The summed E-state index contributed by atoms with van der Waals surface area (Å²) < 4.78 is 4.85. The van der Waals surface area contributed by atoms with E-state index in [4.69, 9.17) is 25.2 Å². The molecule has 0 aliphatic heterocycles. The molecule has 8 nitrogen and oxygen atoms in total. The van der Waals surface area contributed by atoms with Crippen LogP contribution in [0.2, 0.25) is 0 Å². The fourth-order valence-corrected chi connectivity index (χ4v) is 1.14. The molecular weight excluding hydrogens is 246 g/mol. The van der Waals surface area contributed by atoms with E-state index in [2.05, 4.69) is 0 Å². The minimum Gasteiger partial charge on any atom is -0.464 e. The van der Waals surface area contributed by atoms with Crippen molar-refractivity contribution < 1.29 is 34.8 Å². The van der Waals surface area contributed by atoms with E-state index in [1.165, 1.54) is 20.8 Å². The van der Waals surface area contributed by atoms with Gasteiger partial charge in [-0.25, -0.2) is 9.59 Å². The number of hydrogen-bond donors (Lipinski definition) is 4. The lowest BCUT2D eigenvalue weighted by molar-refractivity contribution is -0.0498. The van der Waals surface area contributed by atoms with Crippen molar-refractivity contribution in [3.05, 3.63) is 0 Å². The Labute approximate surface area is 104 Å². The lowest BCUT2D eigenvalue weighted by atomic mass is 10.0. The molecule has 0 rings (SSSR count). The molecule has 8 heteroatoms. The van der Waals surface area contributed by atoms with E-state index in [1.807, 2.05) is 0 Å². The highest BCUT2D eigenvalue weighted by molar-refractivity contribution is 5.88. The predicted octanol–water partition coefficient (Wildman–Crippen LogP) is -0.383. The van der Waals surface area contributed by atoms with Gasteiger partial charge in [-0.1, -0.05) is 0 Å². The maximum atomic E-state index is 11.7. The lowest BCUT2D eigenvalue weighted by Gasteiger charge is -2.37. The molecule has 4 N–H and O–H groups in total. The van der Waals surface area contributed by atoms with E-state index in [-0.39, 0.29) is 4.90 Å². The van der Waals surface area contributed by atoms with Gasteiger partial charge in [0.25, 0.3) is 0 Å². The summed E-state index contributed by atoms with van der Waals surface area (Å²) in [7, 11) is 0. The van der Waals surface area contributed by atoms with Crippen LogP contribution in [0.4, 0.5) is 9.59 Å². The molecule has 0 bridgehead atoms. The molecule has 18 heavy (non-hydrogen) atoms. The third-order valence-corrected chi connectivity index (χ3v) is 2.12. The van der Waals surface area contributed by atoms with E-state index in [9.17, 15) is 9.59 Å². The number of aliphatic hydroxyl groups is 3. The van der Waals surface area contributed by atoms with E-state index in [0.717, 1.165) is 0 Å². The Morgan fingerprint density at radius 2 is 1.44 bits per heavy atom. The summed E-state index contributed by atoms with van der Waals surface area (Å²) >= 11 is 0. The van der Waals surface area contributed by atoms with Gasteiger partial charge in [0, 0.05) is 0 Å². The zero-order valence-electron chi connectivity index (χ0n) is 10.6. The van der Waals surface area contributed by atoms with Crippen molar-refractivity contribution in [3.8, 4) is 0 Å². The molecule has 0 aromatic heterocycles. The summed E-state index contributed by atoms with van der Waals surface area (Å²) in [4.78, 5) is 22.9. The van der Waals surface area contributed by atoms with Crippen LogP contribution in [0.3, 0.4) is 0 Å². The summed E-state index contributed by atoms with van der Waals surface area (Å²) in [6.45, 7) is 1.82. The van der Waals surface area contributed by atoms with Crippen LogP contribution in [-0.2, 0) is 4.74 Å². The molecule has 0 aromatic rings. The first kappa shape index (κ1) is 16.6. The van der Waals surface area contributed by atoms with E-state index in [1.54, 1.807) is 0 Å². The SMILES string of the molecule is CC(C)(C)OC(=O)N(C(=O)O)C(CO)(CO)CO. The highest BCUT2D eigenvalue weighted by atomic mass is 16.6. The molecule has 0 saturated carbocycles. The molecule has 0 unspecified atom stereocenters. The standard InChI is InChI=1S/C10H19NO7/c1-9(2,3)18-8(17)11(7(15)16)10(4-12,5-13)6-14/h12-14H,4-6H2,1-3H3,(H,15,16). The zero-order valence-corrected chi connectivity index (χ0v) is 10.6. The van der Waals surface area contributed by atoms with E-state index >= 15 is 0 Å². The topological polar surface area (TPSA) is 128 Å². The second-order valence-electron chi connectivity index (χ2n) is 4.80. The zero-order chi connectivity index (χ0) is 14.6. The van der Waals surface area contributed by atoms with Gasteiger partial charge in [-0.3, -0.25) is 0 Å². The average molecular weight is 265 g/mol. The van der Waals surface area contributed by atoms with Crippen molar-refractivity contribution in [2.75, 3.05) is 19.8 Å². The minimum atomic E-state index is -2.02. The highest BCUT2D eigenvalue weighted by Gasteiger charge is 2.45. The molecule has 0 heterocycles. The number of imide groups is 1. The molecule has 106 valence electrons. The van der Waals surface area contributed by atoms with Crippen molar-refractivity contribution in [2.24, 2.45) is 0 Å². The number of aliphatic hydroxyl groups excluding tert-OH is 3. The molecular formula is C10H19NO7. The Morgan fingerprint density at radius 3 is 1.67 bits per heavy atom. The van der Waals surface area contributed by atoms with Gasteiger partial charge in [-0.05, 0) is 20.8 Å². The molecule has 0 radical (unpaired) electrons. The predicted molar refractivity (Wildman–Crippen MR) is 60.1 cm³/mol. The first-order chi connectivity index (χ1) is 8.13. The number of carboxylic acid groups (broad SMARTS) is 1. The third kappa shape index (κ3) is 3.83. The number of ether oxygens (including phenoxy) is 1. The van der Waals surface area contributed by atoms with Crippen molar-refractivity contribution in [3.63, 3.8) is 0 Å². The van der Waals surface area contributed by atoms with Crippen LogP contribution in [0.5, 0.6) is 0 Å². The van der Waals surface area contributed by atoms with Gasteiger partial charge >= 0.3 is 12.2 Å². The van der Waals surface area contributed by atoms with Gasteiger partial charge in [0.2, 0.25) is 0 Å². The molecule has 0 atom stereocenters. The van der Waals surface area contributed by atoms with Crippen LogP contribution in [0.25, 0.3) is 0 Å². The smallest absolute Gasteiger partial charge is 0.420 e. The van der Waals surface area contributed by atoms with Crippen molar-refractivity contribution in [2.45, 2.75) is 31.9 Å². The van der Waals surface area contributed by atoms with Gasteiger partial charge in [-0.15, -0.1) is 0 Å². The van der Waals surface area contributed by atoms with Gasteiger partial charge in [0.1, 0.15) is 11.1 Å². The van der Waals surface area contributed by atoms with Gasteiger partial charge in [-0.2, -0.15) is 4.90 Å². The van der Waals surface area contributed by atoms with Gasteiger partial charge < -0.3 is 25.2 Å². The molecule has 2 amide bonds. The lowest BCUT2D eigenvalue weighted by Crippen LogP contribution is -2.62. The monoisotopic (exact) mass is 265 g/mol. The Hall–Kier alpha value is -1.38. The Bertz CT molecular complexity index is 298. The second kappa shape index (κ2) is 5.98. The maximum absolute atomic E-state index is 11.7. The number of hydrogen-bond acceptors (Lipinski definition) is 6. The average Bonchev–Trinajstić information content (AvgIpc) is 2.22. The van der Waals surface area contributed by atoms with Crippen LogP contribution in [0.15, 0.2) is 0 Å². The fourth-order valence-electron chi connectivity index (χ4n) is 1.14. The van der Waals surface area contributed by atoms with Gasteiger partial charge in [0.15, 0.2) is 0 Å². The Balaban J connectivity index is 5.31. The minimum absolute atomic E-state index is 0.0955. The summed E-state index contributed by atoms with van der Waals surface area (Å²) in [6, 6.07) is 0. The van der Waals surface area contributed by atoms with Crippen LogP contribution >= 0.6 is 0 Å². The van der Waals surface area contributed by atoms with Crippen LogP contribution in [0.1, 0.15) is 20.8 Å². The molecule has 0 spiro atoms. The maximum Gasteiger partial charge on any atom is 0.420 e. The van der Waals surface area contributed by atoms with Crippen LogP contribution in [0, 0.1) is 0 Å². The van der Waals surface area contributed by atoms with Crippen LogP contribution in [-0.4, -0.2) is 68.5 Å². The Kier molecular flexibility index (Phi) is 5.53. The third-order valence-electron chi connectivity index (χ3n) is 2.12. The van der Waals surface area contributed by atoms with Crippen molar-refractivity contribution >= 4 is 12.2 Å². The molecule has 0 saturated heterocycles. The summed E-state index contributed by atoms with van der Waals surface area (Å²) in [5.41, 5.74) is -2.97. The first-order valence-corrected chi connectivity index (χ1v) is 5.22. The van der Waals surface area contributed by atoms with E-state index in [0.29, 0.717) is 0 Å².